The Morgan fingerprint density at radius 2 is 1.97 bits per heavy atom. The van der Waals surface area contributed by atoms with E-state index in [1.54, 1.807) is 19.2 Å². The third kappa shape index (κ3) is 1.83. The molecule has 0 aromatic heterocycles. The highest BCUT2D eigenvalue weighted by atomic mass is 16.5. The van der Waals surface area contributed by atoms with Gasteiger partial charge in [-0.25, -0.2) is 4.79 Å². The van der Waals surface area contributed by atoms with Gasteiger partial charge in [0.15, 0.2) is 0 Å². The number of nitrogens with zero attached hydrogens (tertiary/aromatic N) is 1. The summed E-state index contributed by atoms with van der Waals surface area (Å²) in [4.78, 5) is 16.2. The number of carbonyl (C=O) groups is 1. The second kappa shape index (κ2) is 5.68. The van der Waals surface area contributed by atoms with Crippen molar-refractivity contribution in [1.82, 2.24) is 4.90 Å². The molecule has 9 bridgehead atoms. The zero-order chi connectivity index (χ0) is 22.5. The Kier molecular flexibility index (Phi) is 3.35. The highest BCUT2D eigenvalue weighted by molar-refractivity contribution is 5.90. The maximum Gasteiger partial charge on any atom is 0.338 e. The number of hydrogen-bond acceptors (Lipinski definition) is 5. The molecular formula is C28H33NO4. The molecule has 174 valence electrons. The highest BCUT2D eigenvalue weighted by Gasteiger charge is 2.90. The van der Waals surface area contributed by atoms with E-state index in [-0.39, 0.29) is 40.8 Å². The molecule has 1 aromatic carbocycles. The molecule has 0 amide bonds. The van der Waals surface area contributed by atoms with Crippen LogP contribution >= 0.6 is 0 Å². The Morgan fingerprint density at radius 3 is 2.73 bits per heavy atom. The van der Waals surface area contributed by atoms with Crippen LogP contribution in [0.4, 0.5) is 0 Å². The van der Waals surface area contributed by atoms with Gasteiger partial charge in [-0.3, -0.25) is 4.90 Å². The van der Waals surface area contributed by atoms with E-state index >= 15 is 0 Å². The summed E-state index contributed by atoms with van der Waals surface area (Å²) in [6, 6.07) is 8.33. The van der Waals surface area contributed by atoms with Gasteiger partial charge < -0.3 is 14.6 Å². The monoisotopic (exact) mass is 447 g/mol. The molecule has 3 saturated heterocycles. The number of rotatable bonds is 3. The smallest absolute Gasteiger partial charge is 0.338 e. The van der Waals surface area contributed by atoms with Crippen molar-refractivity contribution >= 4 is 5.97 Å². The maximum absolute atomic E-state index is 13.3. The van der Waals surface area contributed by atoms with Crippen molar-refractivity contribution < 1.29 is 19.4 Å². The van der Waals surface area contributed by atoms with Gasteiger partial charge >= 0.3 is 5.97 Å². The van der Waals surface area contributed by atoms with Crippen LogP contribution in [0.3, 0.4) is 0 Å². The third-order valence-corrected chi connectivity index (χ3v) is 11.9. The van der Waals surface area contributed by atoms with Crippen LogP contribution in [0.25, 0.3) is 0 Å². The zero-order valence-corrected chi connectivity index (χ0v) is 19.5. The van der Waals surface area contributed by atoms with Crippen LogP contribution in [0, 0.1) is 39.9 Å². The SMILES string of the molecule is C=C1[C@H]2C[C@@H]3[C@H]4N5C[C@]6(C)CCC[C@]47[C@H]([C@H]2O)[C@]3(C[C@H]5[C@H]67)[C@@H]1OC(=O)c1ccc(OC)cc1. The number of fused-ring (bicyclic) bond motifs is 1. The number of ether oxygens (including phenoxy) is 2. The lowest BCUT2D eigenvalue weighted by Gasteiger charge is -2.66. The first-order chi connectivity index (χ1) is 15.9. The first-order valence-electron chi connectivity index (χ1n) is 12.8. The average molecular weight is 448 g/mol. The number of carbonyl (C=O) groups excluding carboxylic acids is 1. The number of piperidine rings is 2. The molecule has 9 fully saturated rings. The predicted molar refractivity (Wildman–Crippen MR) is 122 cm³/mol. The lowest BCUT2D eigenvalue weighted by Crippen LogP contribution is -2.69. The topological polar surface area (TPSA) is 59.0 Å². The summed E-state index contributed by atoms with van der Waals surface area (Å²) < 4.78 is 11.7. The minimum Gasteiger partial charge on any atom is -0.497 e. The van der Waals surface area contributed by atoms with E-state index in [1.807, 2.05) is 12.1 Å². The third-order valence-electron chi connectivity index (χ3n) is 11.9. The summed E-state index contributed by atoms with van der Waals surface area (Å²) in [5, 5.41) is 11.8. The lowest BCUT2D eigenvalue weighted by atomic mass is 9.39. The molecule has 1 aromatic rings. The molecular weight excluding hydrogens is 414 g/mol. The van der Waals surface area contributed by atoms with Gasteiger partial charge in [-0.1, -0.05) is 19.9 Å². The van der Waals surface area contributed by atoms with E-state index < -0.39 is 0 Å². The Morgan fingerprint density at radius 1 is 1.18 bits per heavy atom. The maximum atomic E-state index is 13.3. The molecule has 5 nitrogen and oxygen atoms in total. The molecule has 9 aliphatic rings. The Balaban J connectivity index is 1.23. The largest absolute Gasteiger partial charge is 0.497 e. The van der Waals surface area contributed by atoms with Crippen LogP contribution < -0.4 is 4.74 Å². The van der Waals surface area contributed by atoms with Crippen molar-refractivity contribution in [3.63, 3.8) is 0 Å². The first kappa shape index (κ1) is 19.5. The van der Waals surface area contributed by atoms with Crippen LogP contribution in [-0.4, -0.2) is 53.9 Å². The minimum absolute atomic E-state index is 0.0563. The first-order valence-corrected chi connectivity index (χ1v) is 12.8. The standard InChI is InChI=1S/C28H33NO4/c1-14-17-11-18-23-27-10-4-9-26(2)13-29(23)19(21(26)27)12-28(18,22(27)20(17)30)24(14)33-25(31)15-5-7-16(32-3)8-6-15/h5-8,17-24,30H,1,4,9-13H2,2-3H3/t17-,18-,19+,20+,21-,22+,23-,24-,26+,27+,28-/m1/s1. The summed E-state index contributed by atoms with van der Waals surface area (Å²) in [7, 11) is 1.62. The van der Waals surface area contributed by atoms with Gasteiger partial charge in [-0.05, 0) is 78.2 Å². The Bertz CT molecular complexity index is 1100. The highest BCUT2D eigenvalue weighted by Crippen LogP contribution is 2.87. The molecule has 6 aliphatic carbocycles. The van der Waals surface area contributed by atoms with Gasteiger partial charge in [0.2, 0.25) is 0 Å². The fraction of sp³-hybridized carbons (Fsp3) is 0.679. The molecule has 2 spiro atoms. The van der Waals surface area contributed by atoms with E-state index in [0.29, 0.717) is 34.9 Å². The fourth-order valence-corrected chi connectivity index (χ4v) is 11.6. The van der Waals surface area contributed by atoms with Gasteiger partial charge in [0, 0.05) is 35.9 Å². The van der Waals surface area contributed by atoms with Crippen molar-refractivity contribution in [3.05, 3.63) is 42.0 Å². The van der Waals surface area contributed by atoms with E-state index in [1.165, 1.54) is 25.8 Å². The molecule has 0 radical (unpaired) electrons. The van der Waals surface area contributed by atoms with Crippen LogP contribution in [-0.2, 0) is 4.74 Å². The molecule has 3 aliphatic heterocycles. The number of methoxy groups -OCH3 is 1. The minimum atomic E-state index is -0.335. The van der Waals surface area contributed by atoms with Crippen molar-refractivity contribution in [2.24, 2.45) is 39.9 Å². The van der Waals surface area contributed by atoms with Crippen LogP contribution in [0.1, 0.15) is 49.4 Å². The second-order valence-corrected chi connectivity index (χ2v) is 12.6. The van der Waals surface area contributed by atoms with Gasteiger partial charge in [0.1, 0.15) is 11.9 Å². The lowest BCUT2D eigenvalue weighted by molar-refractivity contribution is -0.213. The number of hydrogen-bond donors (Lipinski definition) is 1. The van der Waals surface area contributed by atoms with Gasteiger partial charge in [-0.2, -0.15) is 0 Å². The normalized spacial score (nSPS) is 55.8. The van der Waals surface area contributed by atoms with Crippen LogP contribution in [0.15, 0.2) is 36.4 Å². The number of aliphatic hydroxyl groups excluding tert-OH is 1. The Hall–Kier alpha value is -1.85. The van der Waals surface area contributed by atoms with Gasteiger partial charge in [0.25, 0.3) is 0 Å². The van der Waals surface area contributed by atoms with E-state index in [4.69, 9.17) is 9.47 Å². The fourth-order valence-electron chi connectivity index (χ4n) is 11.6. The summed E-state index contributed by atoms with van der Waals surface area (Å²) in [6.07, 6.45) is 5.31. The van der Waals surface area contributed by atoms with Crippen molar-refractivity contribution in [1.29, 1.82) is 0 Å². The van der Waals surface area contributed by atoms with E-state index in [0.717, 1.165) is 24.2 Å². The van der Waals surface area contributed by atoms with Crippen molar-refractivity contribution in [2.75, 3.05) is 13.7 Å². The molecule has 5 heteroatoms. The van der Waals surface area contributed by atoms with Gasteiger partial charge in [0.05, 0.1) is 18.8 Å². The summed E-state index contributed by atoms with van der Waals surface area (Å²) in [5.41, 5.74) is 1.98. The van der Waals surface area contributed by atoms with Crippen molar-refractivity contribution in [3.8, 4) is 5.75 Å². The molecule has 12 atom stereocenters. The zero-order valence-electron chi connectivity index (χ0n) is 19.5. The molecule has 1 N–H and O–H groups in total. The number of aliphatic hydroxyl groups is 1. The molecule has 3 heterocycles. The van der Waals surface area contributed by atoms with Gasteiger partial charge in [-0.15, -0.1) is 0 Å². The van der Waals surface area contributed by atoms with Crippen LogP contribution in [0.5, 0.6) is 5.75 Å². The number of esters is 1. The van der Waals surface area contributed by atoms with Crippen LogP contribution in [0.2, 0.25) is 0 Å². The number of benzene rings is 1. The summed E-state index contributed by atoms with van der Waals surface area (Å²) in [5.74, 6) is 1.96. The average Bonchev–Trinajstić information content (AvgIpc) is 3.24. The predicted octanol–water partition coefficient (Wildman–Crippen LogP) is 3.67. The summed E-state index contributed by atoms with van der Waals surface area (Å²) >= 11 is 0. The molecule has 6 saturated carbocycles. The van der Waals surface area contributed by atoms with E-state index in [2.05, 4.69) is 18.4 Å². The molecule has 33 heavy (non-hydrogen) atoms. The molecule has 1 unspecified atom stereocenters. The van der Waals surface area contributed by atoms with Crippen molar-refractivity contribution in [2.45, 2.75) is 63.3 Å². The molecule has 10 rings (SSSR count). The quantitative estimate of drug-likeness (QED) is 0.566. The Labute approximate surface area is 195 Å². The second-order valence-electron chi connectivity index (χ2n) is 12.6. The van der Waals surface area contributed by atoms with E-state index in [9.17, 15) is 9.90 Å². The summed E-state index contributed by atoms with van der Waals surface area (Å²) in [6.45, 7) is 8.20.